The molecule has 0 atom stereocenters. The van der Waals surface area contributed by atoms with Crippen molar-refractivity contribution in [2.45, 2.75) is 13.8 Å². The Morgan fingerprint density at radius 2 is 1.61 bits per heavy atom. The zero-order chi connectivity index (χ0) is 15.8. The van der Waals surface area contributed by atoms with Crippen LogP contribution in [0.1, 0.15) is 11.1 Å². The summed E-state index contributed by atoms with van der Waals surface area (Å²) in [6.07, 6.45) is 9.61. The molecular formula is C20H17N3. The summed E-state index contributed by atoms with van der Waals surface area (Å²) in [6.45, 7) is 4.23. The highest BCUT2D eigenvalue weighted by molar-refractivity contribution is 5.87. The molecule has 112 valence electrons. The monoisotopic (exact) mass is 299 g/mol. The second kappa shape index (κ2) is 5.36. The molecule has 0 N–H and O–H groups in total. The van der Waals surface area contributed by atoms with Gasteiger partial charge in [-0.1, -0.05) is 12.1 Å². The molecule has 0 amide bonds. The highest BCUT2D eigenvalue weighted by Gasteiger charge is 2.08. The summed E-state index contributed by atoms with van der Waals surface area (Å²) in [4.78, 5) is 8.54. The Morgan fingerprint density at radius 3 is 2.39 bits per heavy atom. The van der Waals surface area contributed by atoms with Crippen molar-refractivity contribution >= 4 is 10.9 Å². The first kappa shape index (κ1) is 13.7. The fourth-order valence-electron chi connectivity index (χ4n) is 2.98. The van der Waals surface area contributed by atoms with Gasteiger partial charge >= 0.3 is 0 Å². The first-order chi connectivity index (χ1) is 11.2. The summed E-state index contributed by atoms with van der Waals surface area (Å²) in [5, 5.41) is 1.22. The van der Waals surface area contributed by atoms with Crippen LogP contribution in [0.4, 0.5) is 0 Å². The van der Waals surface area contributed by atoms with E-state index in [0.717, 1.165) is 5.69 Å². The third kappa shape index (κ3) is 2.30. The van der Waals surface area contributed by atoms with Crippen LogP contribution < -0.4 is 0 Å². The standard InChI is InChI=1S/C20H17N3/c1-14-5-8-21-12-18(14)17-4-3-16-7-10-23(19(16)11-17)20-13-22-9-6-15(20)2/h3-13H,1-2H3. The number of hydrogen-bond donors (Lipinski definition) is 0. The van der Waals surface area contributed by atoms with E-state index in [9.17, 15) is 0 Å². The molecule has 23 heavy (non-hydrogen) atoms. The number of aryl methyl sites for hydroxylation is 2. The van der Waals surface area contributed by atoms with E-state index in [4.69, 9.17) is 0 Å². The minimum absolute atomic E-state index is 1.11. The lowest BCUT2D eigenvalue weighted by atomic mass is 10.0. The average Bonchev–Trinajstić information content (AvgIpc) is 2.99. The minimum Gasteiger partial charge on any atom is -0.315 e. The van der Waals surface area contributed by atoms with E-state index < -0.39 is 0 Å². The second-order valence-electron chi connectivity index (χ2n) is 5.81. The predicted octanol–water partition coefficient (Wildman–Crippen LogP) is 4.70. The van der Waals surface area contributed by atoms with Crippen molar-refractivity contribution in [3.05, 3.63) is 78.5 Å². The van der Waals surface area contributed by atoms with Gasteiger partial charge in [0.05, 0.1) is 17.4 Å². The fourth-order valence-corrected chi connectivity index (χ4v) is 2.98. The smallest absolute Gasteiger partial charge is 0.0668 e. The van der Waals surface area contributed by atoms with Gasteiger partial charge in [0.1, 0.15) is 0 Å². The van der Waals surface area contributed by atoms with Gasteiger partial charge in [-0.05, 0) is 60.2 Å². The number of benzene rings is 1. The normalized spacial score (nSPS) is 11.0. The summed E-state index contributed by atoms with van der Waals surface area (Å²) >= 11 is 0. The number of nitrogens with zero attached hydrogens (tertiary/aromatic N) is 3. The molecule has 0 saturated carbocycles. The van der Waals surface area contributed by atoms with Gasteiger partial charge in [0.25, 0.3) is 0 Å². The van der Waals surface area contributed by atoms with Crippen molar-refractivity contribution in [1.29, 1.82) is 0 Å². The molecule has 0 aliphatic carbocycles. The van der Waals surface area contributed by atoms with E-state index in [1.165, 1.54) is 33.2 Å². The van der Waals surface area contributed by atoms with Gasteiger partial charge in [0, 0.05) is 30.4 Å². The van der Waals surface area contributed by atoms with Gasteiger partial charge in [0.15, 0.2) is 0 Å². The van der Waals surface area contributed by atoms with Gasteiger partial charge in [-0.25, -0.2) is 0 Å². The Labute approximate surface area is 135 Å². The van der Waals surface area contributed by atoms with Gasteiger partial charge in [-0.15, -0.1) is 0 Å². The molecule has 0 fully saturated rings. The largest absolute Gasteiger partial charge is 0.315 e. The van der Waals surface area contributed by atoms with Crippen molar-refractivity contribution in [1.82, 2.24) is 14.5 Å². The first-order valence-electron chi connectivity index (χ1n) is 7.67. The van der Waals surface area contributed by atoms with Crippen molar-refractivity contribution in [3.8, 4) is 16.8 Å². The maximum absolute atomic E-state index is 4.27. The summed E-state index contributed by atoms with van der Waals surface area (Å²) in [5.74, 6) is 0. The van der Waals surface area contributed by atoms with Crippen molar-refractivity contribution < 1.29 is 0 Å². The molecule has 3 nitrogen and oxygen atoms in total. The molecule has 0 unspecified atom stereocenters. The van der Waals surface area contributed by atoms with Crippen LogP contribution in [0.3, 0.4) is 0 Å². The maximum Gasteiger partial charge on any atom is 0.0668 e. The molecule has 1 aromatic carbocycles. The van der Waals surface area contributed by atoms with E-state index in [1.807, 2.05) is 36.9 Å². The van der Waals surface area contributed by atoms with Crippen molar-refractivity contribution in [2.75, 3.05) is 0 Å². The van der Waals surface area contributed by atoms with Crippen LogP contribution in [-0.2, 0) is 0 Å². The van der Waals surface area contributed by atoms with Gasteiger partial charge in [-0.3, -0.25) is 9.97 Å². The molecule has 0 aliphatic heterocycles. The van der Waals surface area contributed by atoms with Crippen LogP contribution >= 0.6 is 0 Å². The SMILES string of the molecule is Cc1ccncc1-c1ccc2ccn(-c3cnccc3C)c2c1. The van der Waals surface area contributed by atoms with E-state index in [-0.39, 0.29) is 0 Å². The number of hydrogen-bond acceptors (Lipinski definition) is 2. The zero-order valence-corrected chi connectivity index (χ0v) is 13.2. The predicted molar refractivity (Wildman–Crippen MR) is 93.8 cm³/mol. The molecule has 0 aliphatic rings. The molecule has 0 spiro atoms. The van der Waals surface area contributed by atoms with Crippen molar-refractivity contribution in [2.24, 2.45) is 0 Å². The summed E-state index contributed by atoms with van der Waals surface area (Å²) in [7, 11) is 0. The third-order valence-electron chi connectivity index (χ3n) is 4.31. The molecule has 3 aromatic heterocycles. The van der Waals surface area contributed by atoms with Crippen LogP contribution in [0.15, 0.2) is 67.4 Å². The van der Waals surface area contributed by atoms with Crippen LogP contribution in [0.5, 0.6) is 0 Å². The van der Waals surface area contributed by atoms with E-state index >= 15 is 0 Å². The molecule has 4 rings (SSSR count). The highest BCUT2D eigenvalue weighted by Crippen LogP contribution is 2.29. The van der Waals surface area contributed by atoms with Crippen LogP contribution in [0, 0.1) is 13.8 Å². The van der Waals surface area contributed by atoms with E-state index in [2.05, 4.69) is 58.8 Å². The molecule has 3 heterocycles. The number of fused-ring (bicyclic) bond motifs is 1. The molecule has 4 aromatic rings. The second-order valence-corrected chi connectivity index (χ2v) is 5.81. The highest BCUT2D eigenvalue weighted by atomic mass is 15.0. The Hall–Kier alpha value is -2.94. The van der Waals surface area contributed by atoms with Gasteiger partial charge in [0.2, 0.25) is 0 Å². The quantitative estimate of drug-likeness (QED) is 0.537. The number of aromatic nitrogens is 3. The Kier molecular flexibility index (Phi) is 3.19. The average molecular weight is 299 g/mol. The zero-order valence-electron chi connectivity index (χ0n) is 13.2. The summed E-state index contributed by atoms with van der Waals surface area (Å²) in [6, 6.07) is 12.8. The lowest BCUT2D eigenvalue weighted by Crippen LogP contribution is -1.96. The fraction of sp³-hybridized carbons (Fsp3) is 0.100. The maximum atomic E-state index is 4.27. The number of pyridine rings is 2. The topological polar surface area (TPSA) is 30.7 Å². The molecular weight excluding hydrogens is 282 g/mol. The van der Waals surface area contributed by atoms with Gasteiger partial charge < -0.3 is 4.57 Å². The molecule has 0 radical (unpaired) electrons. The van der Waals surface area contributed by atoms with E-state index in [0.29, 0.717) is 0 Å². The lowest BCUT2D eigenvalue weighted by molar-refractivity contribution is 1.07. The summed E-state index contributed by atoms with van der Waals surface area (Å²) in [5.41, 5.74) is 7.09. The third-order valence-corrected chi connectivity index (χ3v) is 4.31. The summed E-state index contributed by atoms with van der Waals surface area (Å²) < 4.78 is 2.20. The molecule has 0 bridgehead atoms. The first-order valence-corrected chi connectivity index (χ1v) is 7.67. The Balaban J connectivity index is 1.94. The van der Waals surface area contributed by atoms with Crippen LogP contribution in [-0.4, -0.2) is 14.5 Å². The van der Waals surface area contributed by atoms with E-state index in [1.54, 1.807) is 0 Å². The Morgan fingerprint density at radius 1 is 0.826 bits per heavy atom. The molecule has 3 heteroatoms. The van der Waals surface area contributed by atoms with Gasteiger partial charge in [-0.2, -0.15) is 0 Å². The minimum atomic E-state index is 1.11. The lowest BCUT2D eigenvalue weighted by Gasteiger charge is -2.10. The Bertz CT molecular complexity index is 999. The van der Waals surface area contributed by atoms with Crippen LogP contribution in [0.25, 0.3) is 27.7 Å². The number of rotatable bonds is 2. The molecule has 0 saturated heterocycles. The van der Waals surface area contributed by atoms with Crippen molar-refractivity contribution in [3.63, 3.8) is 0 Å². The van der Waals surface area contributed by atoms with Crippen LogP contribution in [0.2, 0.25) is 0 Å².